The van der Waals surface area contributed by atoms with Crippen LogP contribution in [0.1, 0.15) is 93.2 Å². The van der Waals surface area contributed by atoms with Gasteiger partial charge in [-0.05, 0) is 119 Å². The maximum Gasteiger partial charge on any atom is 0.329 e. The minimum Gasteiger partial charge on any atom is -0.393 e. The number of rotatable bonds is 9. The van der Waals surface area contributed by atoms with Crippen molar-refractivity contribution in [1.29, 1.82) is 0 Å². The lowest BCUT2D eigenvalue weighted by Crippen LogP contribution is -2.49. The molecule has 4 aromatic rings. The number of sulfonamides is 1. The number of carbonyl (C=O) groups is 2. The highest BCUT2D eigenvalue weighted by Crippen LogP contribution is 2.60. The number of nitrogens with zero attached hydrogens (tertiary/aromatic N) is 8. The Labute approximate surface area is 354 Å². The molecule has 2 aliphatic carbocycles. The van der Waals surface area contributed by atoms with Crippen LogP contribution in [0, 0.1) is 5.82 Å². The van der Waals surface area contributed by atoms with Gasteiger partial charge in [0.15, 0.2) is 5.82 Å². The van der Waals surface area contributed by atoms with Gasteiger partial charge in [-0.2, -0.15) is 14.4 Å². The summed E-state index contributed by atoms with van der Waals surface area (Å²) >= 11 is 0. The zero-order valence-corrected chi connectivity index (χ0v) is 35.2. The second-order valence-electron chi connectivity index (χ2n) is 18.0. The summed E-state index contributed by atoms with van der Waals surface area (Å²) in [5.41, 5.74) is 2.88. The minimum atomic E-state index is -3.74. The van der Waals surface area contributed by atoms with Crippen LogP contribution in [0.15, 0.2) is 47.5 Å². The Morgan fingerprint density at radius 1 is 0.967 bits per heavy atom. The number of aryl methyl sites for hydroxylation is 1. The first-order valence-corrected chi connectivity index (χ1v) is 23.2. The zero-order chi connectivity index (χ0) is 42.2. The maximum atomic E-state index is 15.7. The van der Waals surface area contributed by atoms with Crippen molar-refractivity contribution in [2.75, 3.05) is 47.8 Å². The van der Waals surface area contributed by atoms with Gasteiger partial charge in [0.05, 0.1) is 16.5 Å². The van der Waals surface area contributed by atoms with Crippen molar-refractivity contribution < 1.29 is 32.6 Å². The lowest BCUT2D eigenvalue weighted by Gasteiger charge is -2.37. The average Bonchev–Trinajstić information content (AvgIpc) is 3.94. The Bertz CT molecular complexity index is 2480. The van der Waals surface area contributed by atoms with Crippen LogP contribution in [0.4, 0.5) is 26.8 Å². The Kier molecular flexibility index (Phi) is 10.3. The molecular weight excluding hydrogens is 804 g/mol. The number of carbonyl (C=O) groups excluding carboxylic acids is 2. The molecule has 6 aliphatic rings. The molecule has 2 aromatic carbocycles. The normalized spacial score (nSPS) is 25.3. The van der Waals surface area contributed by atoms with Crippen LogP contribution >= 0.6 is 0 Å². The van der Waals surface area contributed by atoms with Crippen LogP contribution in [0.5, 0.6) is 0 Å². The molecule has 4 N–H and O–H groups in total. The molecule has 3 amide bonds. The first-order chi connectivity index (χ1) is 29.4. The smallest absolute Gasteiger partial charge is 0.329 e. The standard InChI is InChI=1S/C43H53FN10O6S/c1-50-36-23-32(35(44)22-33(36)38(49-50)53-19-12-37(56)47-42(53)58)27-8-15-51(16-9-27)25-26-4-2-7-31(20-26)61(59,60)52-17-10-28(11-18-52)46-41-45-24-34-39(48-41)54(40(57)43(34)13-14-43)29-5-3-6-30(55)21-29/h2,4,7,20,22-24,27-30,40,55,57H,3,5-6,8-19,21,25H2,1H3,(H,45,46,48)(H,47,56,58)/t29-,30-,40?/m1/s1. The number of aliphatic hydroxyl groups excluding tert-OH is 2. The molecule has 3 atom stereocenters. The second-order valence-corrected chi connectivity index (χ2v) is 19.9. The number of piperidine rings is 2. The van der Waals surface area contributed by atoms with Gasteiger partial charge < -0.3 is 20.4 Å². The molecule has 0 radical (unpaired) electrons. The Morgan fingerprint density at radius 2 is 1.75 bits per heavy atom. The van der Waals surface area contributed by atoms with E-state index in [0.717, 1.165) is 75.0 Å². The molecule has 4 aliphatic heterocycles. The van der Waals surface area contributed by atoms with E-state index in [1.54, 1.807) is 34.2 Å². The summed E-state index contributed by atoms with van der Waals surface area (Å²) in [5.74, 6) is 0.849. The first-order valence-electron chi connectivity index (χ1n) is 21.8. The number of nitrogens with one attached hydrogen (secondary N) is 2. The summed E-state index contributed by atoms with van der Waals surface area (Å²) in [4.78, 5) is 39.7. The van der Waals surface area contributed by atoms with Crippen LogP contribution < -0.4 is 20.4 Å². The molecule has 324 valence electrons. The van der Waals surface area contributed by atoms with Gasteiger partial charge in [-0.25, -0.2) is 22.6 Å². The highest BCUT2D eigenvalue weighted by molar-refractivity contribution is 7.89. The fourth-order valence-electron chi connectivity index (χ4n) is 10.5. The van der Waals surface area contributed by atoms with E-state index in [-0.39, 0.29) is 59.1 Å². The lowest BCUT2D eigenvalue weighted by atomic mass is 9.88. The molecule has 0 bridgehead atoms. The number of anilines is 3. The number of urea groups is 1. The van der Waals surface area contributed by atoms with Crippen LogP contribution in [0.3, 0.4) is 0 Å². The number of amides is 3. The fourth-order valence-corrected chi connectivity index (χ4v) is 12.1. The van der Waals surface area contributed by atoms with Gasteiger partial charge in [-0.15, -0.1) is 0 Å². The number of benzene rings is 2. The summed E-state index contributed by atoms with van der Waals surface area (Å²) in [7, 11) is -1.98. The van der Waals surface area contributed by atoms with E-state index in [1.165, 1.54) is 11.0 Å². The van der Waals surface area contributed by atoms with Gasteiger partial charge in [0.1, 0.15) is 17.9 Å². The number of aromatic nitrogens is 4. The van der Waals surface area contributed by atoms with Gasteiger partial charge in [0.2, 0.25) is 21.9 Å². The molecule has 2 aromatic heterocycles. The van der Waals surface area contributed by atoms with Crippen molar-refractivity contribution in [3.05, 3.63) is 65.1 Å². The molecule has 6 heterocycles. The Morgan fingerprint density at radius 3 is 2.49 bits per heavy atom. The van der Waals surface area contributed by atoms with Crippen LogP contribution in [0.25, 0.3) is 10.9 Å². The van der Waals surface area contributed by atoms with Crippen molar-refractivity contribution >= 4 is 50.4 Å². The number of likely N-dealkylation sites (tertiary alicyclic amines) is 1. The summed E-state index contributed by atoms with van der Waals surface area (Å²) < 4.78 is 46.8. The topological polar surface area (TPSA) is 189 Å². The van der Waals surface area contributed by atoms with Crippen molar-refractivity contribution in [2.24, 2.45) is 7.05 Å². The molecule has 2 saturated carbocycles. The van der Waals surface area contributed by atoms with E-state index in [9.17, 15) is 28.2 Å². The SMILES string of the molecule is Cn1nc(N2CCC(=O)NC2=O)c2cc(F)c(C3CCN(Cc4cccc(S(=O)(=O)N5CCC(Nc6ncc7c(n6)N([C@@H]6CCC[C@@H](O)C6)C(O)C76CC6)CC5)c4)CC3)cc21. The third-order valence-corrected chi connectivity index (χ3v) is 16.0. The van der Waals surface area contributed by atoms with Crippen molar-refractivity contribution in [1.82, 2.24) is 34.3 Å². The van der Waals surface area contributed by atoms with E-state index >= 15 is 4.39 Å². The third-order valence-electron chi connectivity index (χ3n) is 14.1. The molecule has 10 rings (SSSR count). The quantitative estimate of drug-likeness (QED) is 0.189. The van der Waals surface area contributed by atoms with Crippen LogP contribution in [0.2, 0.25) is 0 Å². The molecule has 16 nitrogen and oxygen atoms in total. The molecule has 1 unspecified atom stereocenters. The largest absolute Gasteiger partial charge is 0.393 e. The molecule has 3 saturated heterocycles. The highest BCUT2D eigenvalue weighted by Gasteiger charge is 2.61. The summed E-state index contributed by atoms with van der Waals surface area (Å²) in [6.45, 7) is 2.90. The lowest BCUT2D eigenvalue weighted by molar-refractivity contribution is -0.120. The van der Waals surface area contributed by atoms with Crippen LogP contribution in [-0.4, -0.2) is 117 Å². The Hall–Kier alpha value is -4.75. The van der Waals surface area contributed by atoms with Crippen molar-refractivity contribution in [3.63, 3.8) is 0 Å². The summed E-state index contributed by atoms with van der Waals surface area (Å²) in [6, 6.07) is 9.90. The van der Waals surface area contributed by atoms with E-state index in [1.807, 2.05) is 23.2 Å². The van der Waals surface area contributed by atoms with Gasteiger partial charge in [0, 0.05) is 74.3 Å². The van der Waals surface area contributed by atoms with Crippen molar-refractivity contribution in [2.45, 2.75) is 118 Å². The van der Waals surface area contributed by atoms with Gasteiger partial charge >= 0.3 is 6.03 Å². The molecule has 5 fully saturated rings. The fraction of sp³-hybridized carbons (Fsp3) is 0.558. The van der Waals surface area contributed by atoms with Gasteiger partial charge in [0.25, 0.3) is 0 Å². The number of imide groups is 1. The number of hydrogen-bond acceptors (Lipinski definition) is 12. The highest BCUT2D eigenvalue weighted by atomic mass is 32.2. The predicted octanol–water partition coefficient (Wildman–Crippen LogP) is 4.07. The molecule has 61 heavy (non-hydrogen) atoms. The average molecular weight is 857 g/mol. The van der Waals surface area contributed by atoms with Crippen LogP contribution in [-0.2, 0) is 33.8 Å². The number of halogens is 1. The monoisotopic (exact) mass is 856 g/mol. The van der Waals surface area contributed by atoms with E-state index in [0.29, 0.717) is 67.1 Å². The summed E-state index contributed by atoms with van der Waals surface area (Å²) in [6.07, 6.45) is 8.58. The molecule has 1 spiro atoms. The minimum absolute atomic E-state index is 0.0118. The number of aliphatic hydroxyl groups is 2. The maximum absolute atomic E-state index is 15.7. The third kappa shape index (κ3) is 7.32. The van der Waals surface area contributed by atoms with Gasteiger partial charge in [-0.1, -0.05) is 12.1 Å². The number of fused-ring (bicyclic) bond motifs is 3. The van der Waals surface area contributed by atoms with Gasteiger partial charge in [-0.3, -0.25) is 24.6 Å². The second kappa shape index (κ2) is 15.6. The number of hydrogen-bond donors (Lipinski definition) is 4. The Balaban J connectivity index is 0.748. The van der Waals surface area contributed by atoms with E-state index in [4.69, 9.17) is 4.98 Å². The molecular formula is C43H53FN10O6S. The zero-order valence-electron chi connectivity index (χ0n) is 34.3. The van der Waals surface area contributed by atoms with Crippen molar-refractivity contribution in [3.8, 4) is 0 Å². The van der Waals surface area contributed by atoms with E-state index in [2.05, 4.69) is 25.6 Å². The molecule has 18 heteroatoms. The summed E-state index contributed by atoms with van der Waals surface area (Å²) in [5, 5.41) is 32.6. The van der Waals surface area contributed by atoms with E-state index < -0.39 is 22.3 Å². The predicted molar refractivity (Wildman–Crippen MR) is 225 cm³/mol. The first kappa shape index (κ1) is 40.3.